The SMILES string of the molecule is N=c1c(-c2ccccc2)cnc2n1CCN2. The van der Waals surface area contributed by atoms with E-state index in [4.69, 9.17) is 5.41 Å². The minimum absolute atomic E-state index is 0.529. The maximum Gasteiger partial charge on any atom is 0.204 e. The minimum atomic E-state index is 0.529. The molecule has 2 aromatic rings. The summed E-state index contributed by atoms with van der Waals surface area (Å²) in [5.41, 5.74) is 2.46. The fraction of sp³-hybridized carbons (Fsp3) is 0.167. The summed E-state index contributed by atoms with van der Waals surface area (Å²) in [5.74, 6) is 0.796. The molecule has 80 valence electrons. The number of nitrogens with one attached hydrogen (secondary N) is 2. The van der Waals surface area contributed by atoms with Gasteiger partial charge in [-0.3, -0.25) is 9.98 Å². The lowest BCUT2D eigenvalue weighted by Crippen LogP contribution is -2.20. The fourth-order valence-corrected chi connectivity index (χ4v) is 1.98. The Labute approximate surface area is 93.1 Å². The zero-order valence-corrected chi connectivity index (χ0v) is 8.77. The van der Waals surface area contributed by atoms with Gasteiger partial charge >= 0.3 is 0 Å². The summed E-state index contributed by atoms with van der Waals surface area (Å²) >= 11 is 0. The molecule has 1 aromatic carbocycles. The van der Waals surface area contributed by atoms with E-state index < -0.39 is 0 Å². The average Bonchev–Trinajstić information content (AvgIpc) is 2.80. The first-order valence-corrected chi connectivity index (χ1v) is 5.30. The normalized spacial score (nSPS) is 13.2. The number of benzene rings is 1. The minimum Gasteiger partial charge on any atom is -0.354 e. The van der Waals surface area contributed by atoms with Gasteiger partial charge in [0.1, 0.15) is 5.49 Å². The summed E-state index contributed by atoms with van der Waals surface area (Å²) in [6.07, 6.45) is 1.77. The topological polar surface area (TPSA) is 53.7 Å². The van der Waals surface area contributed by atoms with E-state index in [0.717, 1.165) is 30.2 Å². The molecule has 1 aliphatic heterocycles. The van der Waals surface area contributed by atoms with Crippen LogP contribution in [-0.2, 0) is 6.54 Å². The van der Waals surface area contributed by atoms with Gasteiger partial charge in [0.25, 0.3) is 0 Å². The number of nitrogens with zero attached hydrogens (tertiary/aromatic N) is 2. The first-order chi connectivity index (χ1) is 7.86. The molecular formula is C12H12N4. The summed E-state index contributed by atoms with van der Waals surface area (Å²) in [7, 11) is 0. The quantitative estimate of drug-likeness (QED) is 0.751. The summed E-state index contributed by atoms with van der Waals surface area (Å²) in [4.78, 5) is 4.33. The van der Waals surface area contributed by atoms with Crippen molar-refractivity contribution in [2.45, 2.75) is 6.54 Å². The molecule has 0 saturated carbocycles. The number of fused-ring (bicyclic) bond motifs is 1. The molecule has 0 saturated heterocycles. The van der Waals surface area contributed by atoms with Crippen LogP contribution in [0.1, 0.15) is 0 Å². The largest absolute Gasteiger partial charge is 0.354 e. The van der Waals surface area contributed by atoms with Gasteiger partial charge in [0.15, 0.2) is 0 Å². The molecule has 0 radical (unpaired) electrons. The van der Waals surface area contributed by atoms with Crippen molar-refractivity contribution < 1.29 is 0 Å². The van der Waals surface area contributed by atoms with Crippen molar-refractivity contribution in [3.63, 3.8) is 0 Å². The van der Waals surface area contributed by atoms with Gasteiger partial charge in [0.2, 0.25) is 5.95 Å². The Morgan fingerprint density at radius 3 is 2.88 bits per heavy atom. The number of hydrogen-bond acceptors (Lipinski definition) is 3. The average molecular weight is 212 g/mol. The maximum absolute atomic E-state index is 8.15. The third-order valence-electron chi connectivity index (χ3n) is 2.80. The zero-order valence-electron chi connectivity index (χ0n) is 8.77. The molecule has 2 N–H and O–H groups in total. The summed E-state index contributed by atoms with van der Waals surface area (Å²) in [6, 6.07) is 9.94. The lowest BCUT2D eigenvalue weighted by atomic mass is 10.1. The van der Waals surface area contributed by atoms with Gasteiger partial charge in [0, 0.05) is 24.8 Å². The Balaban J connectivity index is 2.21. The van der Waals surface area contributed by atoms with E-state index in [1.54, 1.807) is 6.20 Å². The van der Waals surface area contributed by atoms with Gasteiger partial charge in [-0.15, -0.1) is 0 Å². The van der Waals surface area contributed by atoms with E-state index in [9.17, 15) is 0 Å². The molecule has 4 heteroatoms. The second-order valence-corrected chi connectivity index (χ2v) is 3.79. The highest BCUT2D eigenvalue weighted by Gasteiger charge is 2.13. The van der Waals surface area contributed by atoms with E-state index in [-0.39, 0.29) is 0 Å². The van der Waals surface area contributed by atoms with Crippen LogP contribution in [0.5, 0.6) is 0 Å². The van der Waals surface area contributed by atoms with Crippen LogP contribution < -0.4 is 10.8 Å². The van der Waals surface area contributed by atoms with Gasteiger partial charge in [-0.25, -0.2) is 4.98 Å². The van der Waals surface area contributed by atoms with Gasteiger partial charge in [-0.2, -0.15) is 0 Å². The van der Waals surface area contributed by atoms with Crippen molar-refractivity contribution in [3.8, 4) is 11.1 Å². The zero-order chi connectivity index (χ0) is 11.0. The molecule has 0 amide bonds. The monoisotopic (exact) mass is 212 g/mol. The summed E-state index contributed by atoms with van der Waals surface area (Å²) < 4.78 is 1.91. The molecule has 4 nitrogen and oxygen atoms in total. The first-order valence-electron chi connectivity index (χ1n) is 5.30. The van der Waals surface area contributed by atoms with Gasteiger partial charge in [-0.1, -0.05) is 30.3 Å². The van der Waals surface area contributed by atoms with Crippen LogP contribution in [0.2, 0.25) is 0 Å². The molecule has 3 rings (SSSR count). The smallest absolute Gasteiger partial charge is 0.204 e. The Bertz CT molecular complexity index is 571. The van der Waals surface area contributed by atoms with E-state index in [1.807, 2.05) is 34.9 Å². The standard InChI is InChI=1S/C12H12N4/c13-11-10(9-4-2-1-3-5-9)8-15-12-14-6-7-16(11)12/h1-5,8,13H,6-7H2,(H,14,15). The highest BCUT2D eigenvalue weighted by atomic mass is 15.2. The third-order valence-corrected chi connectivity index (χ3v) is 2.80. The Morgan fingerprint density at radius 2 is 2.06 bits per heavy atom. The number of rotatable bonds is 1. The molecule has 16 heavy (non-hydrogen) atoms. The third kappa shape index (κ3) is 1.31. The Hall–Kier alpha value is -2.10. The summed E-state index contributed by atoms with van der Waals surface area (Å²) in [5, 5.41) is 11.3. The predicted octanol–water partition coefficient (Wildman–Crippen LogP) is 1.46. The van der Waals surface area contributed by atoms with Crippen molar-refractivity contribution in [3.05, 3.63) is 42.0 Å². The molecule has 1 aromatic heterocycles. The van der Waals surface area contributed by atoms with Gasteiger partial charge < -0.3 is 5.32 Å². The maximum atomic E-state index is 8.15. The summed E-state index contributed by atoms with van der Waals surface area (Å²) in [6.45, 7) is 1.68. The predicted molar refractivity (Wildman–Crippen MR) is 62.0 cm³/mol. The molecule has 2 heterocycles. The van der Waals surface area contributed by atoms with Crippen LogP contribution in [0, 0.1) is 5.41 Å². The highest BCUT2D eigenvalue weighted by Crippen LogP contribution is 2.16. The molecular weight excluding hydrogens is 200 g/mol. The van der Waals surface area contributed by atoms with E-state index in [2.05, 4.69) is 10.3 Å². The van der Waals surface area contributed by atoms with Crippen molar-refractivity contribution in [2.24, 2.45) is 0 Å². The van der Waals surface area contributed by atoms with Crippen molar-refractivity contribution in [2.75, 3.05) is 11.9 Å². The van der Waals surface area contributed by atoms with Crippen molar-refractivity contribution >= 4 is 5.95 Å². The van der Waals surface area contributed by atoms with E-state index in [0.29, 0.717) is 5.49 Å². The molecule has 0 spiro atoms. The van der Waals surface area contributed by atoms with Crippen molar-refractivity contribution in [1.29, 1.82) is 5.41 Å². The number of aromatic nitrogens is 2. The Morgan fingerprint density at radius 1 is 1.25 bits per heavy atom. The van der Waals surface area contributed by atoms with Crippen LogP contribution in [0.3, 0.4) is 0 Å². The highest BCUT2D eigenvalue weighted by molar-refractivity contribution is 5.61. The second kappa shape index (κ2) is 3.48. The lowest BCUT2D eigenvalue weighted by Gasteiger charge is -2.06. The Kier molecular flexibility index (Phi) is 1.99. The molecule has 0 unspecified atom stereocenters. The fourth-order valence-electron chi connectivity index (χ4n) is 1.98. The van der Waals surface area contributed by atoms with Crippen LogP contribution in [0.4, 0.5) is 5.95 Å². The van der Waals surface area contributed by atoms with Crippen LogP contribution in [0.15, 0.2) is 36.5 Å². The van der Waals surface area contributed by atoms with E-state index >= 15 is 0 Å². The second-order valence-electron chi connectivity index (χ2n) is 3.79. The number of hydrogen-bond donors (Lipinski definition) is 2. The van der Waals surface area contributed by atoms with Gasteiger partial charge in [-0.05, 0) is 5.56 Å². The molecule has 0 aliphatic carbocycles. The molecule has 1 aliphatic rings. The number of anilines is 1. The molecule has 0 fully saturated rings. The van der Waals surface area contributed by atoms with Crippen LogP contribution in [-0.4, -0.2) is 16.1 Å². The van der Waals surface area contributed by atoms with Crippen molar-refractivity contribution in [1.82, 2.24) is 9.55 Å². The molecule has 0 atom stereocenters. The van der Waals surface area contributed by atoms with Crippen LogP contribution in [0.25, 0.3) is 11.1 Å². The van der Waals surface area contributed by atoms with Gasteiger partial charge in [0.05, 0.1) is 0 Å². The molecule has 0 bridgehead atoms. The van der Waals surface area contributed by atoms with E-state index in [1.165, 1.54) is 0 Å². The first kappa shape index (κ1) is 9.15. The van der Waals surface area contributed by atoms with Crippen LogP contribution >= 0.6 is 0 Å². The lowest BCUT2D eigenvalue weighted by molar-refractivity contribution is 0.737.